The van der Waals surface area contributed by atoms with Gasteiger partial charge in [-0.25, -0.2) is 0 Å². The fraction of sp³-hybridized carbons (Fsp3) is 0.357. The number of alkyl halides is 3. The van der Waals surface area contributed by atoms with Gasteiger partial charge < -0.3 is 10.0 Å². The van der Waals surface area contributed by atoms with Gasteiger partial charge in [0.25, 0.3) is 5.69 Å². The molecule has 1 N–H and O–H groups in total. The highest BCUT2D eigenvalue weighted by Gasteiger charge is 2.57. The topological polar surface area (TPSA) is 83.7 Å². The van der Waals surface area contributed by atoms with Crippen molar-refractivity contribution >= 4 is 17.7 Å². The van der Waals surface area contributed by atoms with Crippen molar-refractivity contribution in [2.75, 3.05) is 13.1 Å². The number of carbonyl (C=O) groups excluding carboxylic acids is 1. The minimum atomic E-state index is -4.79. The van der Waals surface area contributed by atoms with Crippen LogP contribution in [0, 0.1) is 10.1 Å². The predicted molar refractivity (Wildman–Crippen MR) is 74.3 cm³/mol. The second kappa shape index (κ2) is 5.99. The lowest BCUT2D eigenvalue weighted by Gasteiger charge is -2.25. The maximum Gasteiger partial charge on any atom is 0.419 e. The molecule has 23 heavy (non-hydrogen) atoms. The molecule has 1 amide bonds. The molecule has 2 rings (SSSR count). The van der Waals surface area contributed by atoms with Crippen molar-refractivity contribution in [2.24, 2.45) is 0 Å². The van der Waals surface area contributed by atoms with Gasteiger partial charge in [0.15, 0.2) is 5.60 Å². The first kappa shape index (κ1) is 16.9. The molecule has 1 saturated heterocycles. The van der Waals surface area contributed by atoms with Crippen LogP contribution in [-0.4, -0.2) is 45.7 Å². The molecular formula is C14H13F3N2O4. The largest absolute Gasteiger partial charge is 0.419 e. The first-order valence-corrected chi connectivity index (χ1v) is 6.63. The molecule has 1 aromatic carbocycles. The van der Waals surface area contributed by atoms with Crippen molar-refractivity contribution in [1.82, 2.24) is 4.90 Å². The smallest absolute Gasteiger partial charge is 0.379 e. The Kier molecular flexibility index (Phi) is 4.42. The number of hydrogen-bond donors (Lipinski definition) is 1. The number of β-amino-alcohol motifs (C(OH)–C–C–N with tert-alkyl or cyclic N) is 1. The molecule has 0 aromatic heterocycles. The first-order valence-electron chi connectivity index (χ1n) is 6.63. The van der Waals surface area contributed by atoms with Crippen molar-refractivity contribution < 1.29 is 28.0 Å². The summed E-state index contributed by atoms with van der Waals surface area (Å²) in [6, 6.07) is 5.33. The maximum absolute atomic E-state index is 12.7. The number of likely N-dealkylation sites (tertiary alicyclic amines) is 1. The van der Waals surface area contributed by atoms with Gasteiger partial charge in [-0.3, -0.25) is 14.9 Å². The predicted octanol–water partition coefficient (Wildman–Crippen LogP) is 2.13. The average Bonchev–Trinajstić information content (AvgIpc) is 2.89. The minimum absolute atomic E-state index is 0.108. The van der Waals surface area contributed by atoms with E-state index >= 15 is 0 Å². The summed E-state index contributed by atoms with van der Waals surface area (Å²) >= 11 is 0. The summed E-state index contributed by atoms with van der Waals surface area (Å²) in [6.07, 6.45) is -2.93. The SMILES string of the molecule is O=C(/C=C/c1ccc([N+](=O)[O-])cc1)N1CCC(O)(C(F)(F)F)C1. The van der Waals surface area contributed by atoms with Gasteiger partial charge in [-0.1, -0.05) is 0 Å². The van der Waals surface area contributed by atoms with Gasteiger partial charge in [0, 0.05) is 31.2 Å². The molecule has 1 heterocycles. The van der Waals surface area contributed by atoms with Crippen molar-refractivity contribution in [1.29, 1.82) is 0 Å². The van der Waals surface area contributed by atoms with Gasteiger partial charge >= 0.3 is 6.18 Å². The van der Waals surface area contributed by atoms with E-state index in [2.05, 4.69) is 0 Å². The van der Waals surface area contributed by atoms with Crippen LogP contribution in [0.15, 0.2) is 30.3 Å². The normalized spacial score (nSPS) is 21.8. The Labute approximate surface area is 129 Å². The highest BCUT2D eigenvalue weighted by Crippen LogP contribution is 2.37. The number of carbonyl (C=O) groups is 1. The van der Waals surface area contributed by atoms with E-state index in [4.69, 9.17) is 0 Å². The first-order chi connectivity index (χ1) is 10.6. The maximum atomic E-state index is 12.7. The molecule has 6 nitrogen and oxygen atoms in total. The van der Waals surface area contributed by atoms with Crippen LogP contribution >= 0.6 is 0 Å². The zero-order chi connectivity index (χ0) is 17.3. The Hall–Kier alpha value is -2.42. The van der Waals surface area contributed by atoms with Crippen LogP contribution in [0.1, 0.15) is 12.0 Å². The lowest BCUT2D eigenvalue weighted by molar-refractivity contribution is -0.384. The summed E-state index contributed by atoms with van der Waals surface area (Å²) in [5.41, 5.74) is -2.48. The van der Waals surface area contributed by atoms with Crippen LogP contribution in [-0.2, 0) is 4.79 Å². The number of rotatable bonds is 3. The molecule has 0 spiro atoms. The van der Waals surface area contributed by atoms with Crippen molar-refractivity contribution in [3.05, 3.63) is 46.0 Å². The molecule has 1 aromatic rings. The zero-order valence-electron chi connectivity index (χ0n) is 11.8. The van der Waals surface area contributed by atoms with Gasteiger partial charge in [0.1, 0.15) is 0 Å². The monoisotopic (exact) mass is 330 g/mol. The van der Waals surface area contributed by atoms with Gasteiger partial charge in [-0.05, 0) is 23.8 Å². The summed E-state index contributed by atoms with van der Waals surface area (Å²) in [6.45, 7) is -1.00. The van der Waals surface area contributed by atoms with Crippen LogP contribution in [0.2, 0.25) is 0 Å². The number of hydrogen-bond acceptors (Lipinski definition) is 4. The number of nitrogens with zero attached hydrogens (tertiary/aromatic N) is 2. The number of nitro groups is 1. The second-order valence-electron chi connectivity index (χ2n) is 5.22. The number of non-ortho nitro benzene ring substituents is 1. The van der Waals surface area contributed by atoms with Crippen molar-refractivity contribution in [3.8, 4) is 0 Å². The Morgan fingerprint density at radius 1 is 1.35 bits per heavy atom. The molecule has 0 bridgehead atoms. The van der Waals surface area contributed by atoms with Gasteiger partial charge in [0.05, 0.1) is 11.5 Å². The van der Waals surface area contributed by atoms with Crippen LogP contribution < -0.4 is 0 Å². The zero-order valence-corrected chi connectivity index (χ0v) is 11.8. The minimum Gasteiger partial charge on any atom is -0.379 e. The number of aliphatic hydroxyl groups is 1. The number of benzene rings is 1. The van der Waals surface area contributed by atoms with Crippen molar-refractivity contribution in [3.63, 3.8) is 0 Å². The Morgan fingerprint density at radius 2 is 1.96 bits per heavy atom. The summed E-state index contributed by atoms with van der Waals surface area (Å²) in [5.74, 6) is -0.663. The summed E-state index contributed by atoms with van der Waals surface area (Å²) in [7, 11) is 0. The molecule has 1 fully saturated rings. The third-order valence-corrected chi connectivity index (χ3v) is 3.61. The van der Waals surface area contributed by atoms with E-state index in [0.717, 1.165) is 11.0 Å². The van der Waals surface area contributed by atoms with E-state index in [1.807, 2.05) is 0 Å². The molecule has 1 aliphatic rings. The molecule has 124 valence electrons. The summed E-state index contributed by atoms with van der Waals surface area (Å²) in [4.78, 5) is 22.7. The standard InChI is InChI=1S/C14H13F3N2O4/c15-14(16,17)13(21)7-8-18(9-13)12(20)6-3-10-1-4-11(5-2-10)19(22)23/h1-6,21H,7-9H2/b6-3+. The van der Waals surface area contributed by atoms with Gasteiger partial charge in [-0.2, -0.15) is 13.2 Å². The van der Waals surface area contributed by atoms with E-state index in [1.165, 1.54) is 30.3 Å². The molecule has 0 radical (unpaired) electrons. The van der Waals surface area contributed by atoms with Crippen LogP contribution in [0.3, 0.4) is 0 Å². The fourth-order valence-electron chi connectivity index (χ4n) is 2.19. The fourth-order valence-corrected chi connectivity index (χ4v) is 2.19. The van der Waals surface area contributed by atoms with Crippen molar-refractivity contribution in [2.45, 2.75) is 18.2 Å². The quantitative estimate of drug-likeness (QED) is 0.523. The number of halogens is 3. The summed E-state index contributed by atoms with van der Waals surface area (Å²) < 4.78 is 38.0. The number of nitro benzene ring substituents is 1. The molecule has 1 atom stereocenters. The van der Waals surface area contributed by atoms with Crippen LogP contribution in [0.4, 0.5) is 18.9 Å². The third kappa shape index (κ3) is 3.67. The second-order valence-corrected chi connectivity index (χ2v) is 5.22. The molecule has 0 aliphatic carbocycles. The van der Waals surface area contributed by atoms with Gasteiger partial charge in [0.2, 0.25) is 5.91 Å². The lowest BCUT2D eigenvalue weighted by Crippen LogP contribution is -2.47. The molecule has 1 aliphatic heterocycles. The lowest BCUT2D eigenvalue weighted by atomic mass is 10.0. The Morgan fingerprint density at radius 3 is 2.43 bits per heavy atom. The van der Waals surface area contributed by atoms with Crippen LogP contribution in [0.5, 0.6) is 0 Å². The molecule has 0 saturated carbocycles. The highest BCUT2D eigenvalue weighted by molar-refractivity contribution is 5.92. The third-order valence-electron chi connectivity index (χ3n) is 3.61. The highest BCUT2D eigenvalue weighted by atomic mass is 19.4. The molecule has 1 unspecified atom stereocenters. The van der Waals surface area contributed by atoms with E-state index in [1.54, 1.807) is 0 Å². The Balaban J connectivity index is 2.01. The molecular weight excluding hydrogens is 317 g/mol. The van der Waals surface area contributed by atoms with E-state index in [9.17, 15) is 33.2 Å². The van der Waals surface area contributed by atoms with E-state index in [-0.39, 0.29) is 12.2 Å². The van der Waals surface area contributed by atoms with E-state index in [0.29, 0.717) is 5.56 Å². The van der Waals surface area contributed by atoms with E-state index < -0.39 is 35.6 Å². The Bertz CT molecular complexity index is 642. The van der Waals surface area contributed by atoms with Gasteiger partial charge in [-0.15, -0.1) is 0 Å². The molecule has 9 heteroatoms. The summed E-state index contributed by atoms with van der Waals surface area (Å²) in [5, 5.41) is 20.0. The average molecular weight is 330 g/mol. The van der Waals surface area contributed by atoms with Crippen LogP contribution in [0.25, 0.3) is 6.08 Å². The number of amides is 1.